The molecule has 1 atom stereocenters. The molecule has 10 rings (SSSR count). The summed E-state index contributed by atoms with van der Waals surface area (Å²) in [5.41, 5.74) is 20.4. The number of rotatable bonds is 8. The van der Waals surface area contributed by atoms with Crippen molar-refractivity contribution >= 4 is 28.2 Å². The Morgan fingerprint density at radius 3 is 1.84 bits per heavy atom. The third-order valence-corrected chi connectivity index (χ3v) is 12.5. The third kappa shape index (κ3) is 6.57. The predicted molar refractivity (Wildman–Crippen MR) is 247 cm³/mol. The van der Waals surface area contributed by atoms with Crippen molar-refractivity contribution < 1.29 is 0 Å². The topological polar surface area (TPSA) is 3.24 Å². The van der Waals surface area contributed by atoms with Crippen molar-refractivity contribution in [3.63, 3.8) is 0 Å². The summed E-state index contributed by atoms with van der Waals surface area (Å²) in [5.74, 6) is 0.421. The minimum absolute atomic E-state index is 0.0587. The van der Waals surface area contributed by atoms with Crippen molar-refractivity contribution in [1.29, 1.82) is 0 Å². The van der Waals surface area contributed by atoms with Gasteiger partial charge < -0.3 is 4.90 Å². The highest BCUT2D eigenvalue weighted by molar-refractivity contribution is 5.90. The lowest BCUT2D eigenvalue weighted by Gasteiger charge is -2.28. The Morgan fingerprint density at radius 1 is 0.517 bits per heavy atom. The van der Waals surface area contributed by atoms with E-state index in [1.807, 2.05) is 0 Å². The fraction of sp³-hybridized carbons (Fsp3) is 0.123. The van der Waals surface area contributed by atoms with Gasteiger partial charge in [0.1, 0.15) is 0 Å². The molecular formula is C57H47N. The van der Waals surface area contributed by atoms with Gasteiger partial charge in [-0.1, -0.05) is 178 Å². The fourth-order valence-corrected chi connectivity index (χ4v) is 9.35. The number of hydrogen-bond acceptors (Lipinski definition) is 1. The number of benzene rings is 7. The molecule has 0 radical (unpaired) electrons. The van der Waals surface area contributed by atoms with Crippen molar-refractivity contribution in [2.45, 2.75) is 44.4 Å². The van der Waals surface area contributed by atoms with Gasteiger partial charge >= 0.3 is 0 Å². The molecule has 3 aliphatic carbocycles. The van der Waals surface area contributed by atoms with Crippen LogP contribution in [0.1, 0.15) is 66.8 Å². The Hall–Kier alpha value is -6.70. The van der Waals surface area contributed by atoms with E-state index in [1.54, 1.807) is 0 Å². The zero-order valence-corrected chi connectivity index (χ0v) is 33.3. The van der Waals surface area contributed by atoms with Crippen LogP contribution in [0.2, 0.25) is 0 Å². The monoisotopic (exact) mass is 745 g/mol. The zero-order valence-electron chi connectivity index (χ0n) is 33.3. The first kappa shape index (κ1) is 35.7. The van der Waals surface area contributed by atoms with Crippen molar-refractivity contribution in [2.75, 3.05) is 4.90 Å². The third-order valence-electron chi connectivity index (χ3n) is 12.5. The second kappa shape index (κ2) is 15.0. The summed E-state index contributed by atoms with van der Waals surface area (Å²) in [4.78, 5) is 2.42. The first-order valence-corrected chi connectivity index (χ1v) is 20.8. The molecule has 58 heavy (non-hydrogen) atoms. The van der Waals surface area contributed by atoms with Crippen LogP contribution in [0.25, 0.3) is 44.5 Å². The van der Waals surface area contributed by atoms with Gasteiger partial charge in [-0.15, -0.1) is 0 Å². The normalized spacial score (nSPS) is 16.3. The highest BCUT2D eigenvalue weighted by atomic mass is 15.1. The molecule has 1 unspecified atom stereocenters. The van der Waals surface area contributed by atoms with Crippen molar-refractivity contribution in [1.82, 2.24) is 0 Å². The van der Waals surface area contributed by atoms with Crippen LogP contribution in [0.4, 0.5) is 17.1 Å². The summed E-state index contributed by atoms with van der Waals surface area (Å²) >= 11 is 0. The molecule has 0 spiro atoms. The standard InChI is InChI=1S/C57H47N/c1-57(2)55-21-13-12-20-52(55)53-36-30-47(38-56(53)57)51-37-35-50(39-54(51)46-18-10-5-11-19-46)58(48-31-26-44(27-32-48)41-16-8-4-9-17-41)49-33-28-45(29-34-49)43-24-22-42(23-25-43)40-14-6-3-7-15-40/h3-10,12-18,20-22,24-39,42H,11,19,23H2,1-2H3. The van der Waals surface area contributed by atoms with Gasteiger partial charge in [0.25, 0.3) is 0 Å². The van der Waals surface area contributed by atoms with E-state index in [2.05, 4.69) is 225 Å². The van der Waals surface area contributed by atoms with Gasteiger partial charge in [0.2, 0.25) is 0 Å². The molecule has 7 aromatic carbocycles. The van der Waals surface area contributed by atoms with Gasteiger partial charge in [0, 0.05) is 28.4 Å². The summed E-state index contributed by atoms with van der Waals surface area (Å²) in [5, 5.41) is 0. The molecule has 3 aliphatic rings. The minimum Gasteiger partial charge on any atom is -0.310 e. The smallest absolute Gasteiger partial charge is 0.0468 e. The average molecular weight is 746 g/mol. The van der Waals surface area contributed by atoms with Crippen LogP contribution in [-0.2, 0) is 5.41 Å². The Bertz CT molecular complexity index is 2740. The molecule has 0 amide bonds. The number of hydrogen-bond donors (Lipinski definition) is 0. The van der Waals surface area contributed by atoms with E-state index in [1.165, 1.54) is 72.3 Å². The Balaban J connectivity index is 1.05. The van der Waals surface area contributed by atoms with Crippen LogP contribution in [0, 0.1) is 0 Å². The molecule has 0 fully saturated rings. The second-order valence-corrected chi connectivity index (χ2v) is 16.4. The number of fused-ring (bicyclic) bond motifs is 3. The van der Waals surface area contributed by atoms with Crippen LogP contribution >= 0.6 is 0 Å². The molecule has 280 valence electrons. The highest BCUT2D eigenvalue weighted by Gasteiger charge is 2.35. The largest absolute Gasteiger partial charge is 0.310 e. The molecule has 7 aromatic rings. The van der Waals surface area contributed by atoms with Gasteiger partial charge in [0.15, 0.2) is 0 Å². The molecule has 0 bridgehead atoms. The van der Waals surface area contributed by atoms with Gasteiger partial charge in [-0.2, -0.15) is 0 Å². The SMILES string of the molecule is CC1(C)c2ccccc2-c2ccc(-c3ccc(N(c4ccc(C5=CCC(c6ccccc6)C=C5)cc4)c4ccc(-c5ccccc5)cc4)cc3C3=CC=CCC3)cc21. The summed E-state index contributed by atoms with van der Waals surface area (Å²) in [7, 11) is 0. The molecule has 0 aromatic heterocycles. The van der Waals surface area contributed by atoms with Gasteiger partial charge in [-0.3, -0.25) is 0 Å². The Morgan fingerprint density at radius 2 is 1.14 bits per heavy atom. The van der Waals surface area contributed by atoms with Gasteiger partial charge in [0.05, 0.1) is 0 Å². The average Bonchev–Trinajstić information content (AvgIpc) is 3.53. The number of anilines is 3. The molecule has 0 heterocycles. The molecule has 1 heteroatoms. The van der Waals surface area contributed by atoms with Crippen molar-refractivity contribution in [2.24, 2.45) is 0 Å². The van der Waals surface area contributed by atoms with Crippen LogP contribution < -0.4 is 4.90 Å². The maximum Gasteiger partial charge on any atom is 0.0468 e. The zero-order chi connectivity index (χ0) is 39.1. The van der Waals surface area contributed by atoms with Crippen LogP contribution in [0.5, 0.6) is 0 Å². The quantitative estimate of drug-likeness (QED) is 0.150. The fourth-order valence-electron chi connectivity index (χ4n) is 9.35. The van der Waals surface area contributed by atoms with E-state index in [0.29, 0.717) is 5.92 Å². The lowest BCUT2D eigenvalue weighted by molar-refractivity contribution is 0.660. The first-order chi connectivity index (χ1) is 28.5. The predicted octanol–water partition coefficient (Wildman–Crippen LogP) is 15.7. The van der Waals surface area contributed by atoms with E-state index < -0.39 is 0 Å². The lowest BCUT2D eigenvalue weighted by atomic mass is 9.81. The number of nitrogens with zero attached hydrogens (tertiary/aromatic N) is 1. The first-order valence-electron chi connectivity index (χ1n) is 20.8. The summed E-state index contributed by atoms with van der Waals surface area (Å²) in [6.07, 6.45) is 16.9. The van der Waals surface area contributed by atoms with Gasteiger partial charge in [-0.25, -0.2) is 0 Å². The lowest BCUT2D eigenvalue weighted by Crippen LogP contribution is -2.15. The van der Waals surface area contributed by atoms with E-state index in [9.17, 15) is 0 Å². The maximum absolute atomic E-state index is 2.46. The summed E-state index contributed by atoms with van der Waals surface area (Å²) in [6.45, 7) is 4.74. The van der Waals surface area contributed by atoms with E-state index in [-0.39, 0.29) is 5.41 Å². The number of allylic oxidation sites excluding steroid dienone is 8. The van der Waals surface area contributed by atoms with Crippen LogP contribution in [0.3, 0.4) is 0 Å². The second-order valence-electron chi connectivity index (χ2n) is 16.4. The molecule has 1 nitrogen and oxygen atoms in total. The van der Waals surface area contributed by atoms with Crippen LogP contribution in [0.15, 0.2) is 206 Å². The maximum atomic E-state index is 2.46. The molecule has 0 aliphatic heterocycles. The highest BCUT2D eigenvalue weighted by Crippen LogP contribution is 2.50. The van der Waals surface area contributed by atoms with Gasteiger partial charge in [-0.05, 0) is 134 Å². The van der Waals surface area contributed by atoms with Crippen LogP contribution in [-0.4, -0.2) is 0 Å². The minimum atomic E-state index is -0.0587. The van der Waals surface area contributed by atoms with Crippen molar-refractivity contribution in [3.8, 4) is 33.4 Å². The summed E-state index contributed by atoms with van der Waals surface area (Å²) < 4.78 is 0. The van der Waals surface area contributed by atoms with E-state index in [4.69, 9.17) is 0 Å². The Labute approximate surface area is 343 Å². The molecule has 0 N–H and O–H groups in total. The van der Waals surface area contributed by atoms with E-state index >= 15 is 0 Å². The molecule has 0 saturated carbocycles. The summed E-state index contributed by atoms with van der Waals surface area (Å²) in [6, 6.07) is 62.8. The van der Waals surface area contributed by atoms with Crippen molar-refractivity contribution in [3.05, 3.63) is 234 Å². The molecular weight excluding hydrogens is 699 g/mol. The molecule has 0 saturated heterocycles. The van der Waals surface area contributed by atoms with E-state index in [0.717, 1.165) is 36.3 Å². The Kier molecular flexibility index (Phi) is 9.23.